The lowest BCUT2D eigenvalue weighted by molar-refractivity contribution is 0.616. The van der Waals surface area contributed by atoms with Crippen molar-refractivity contribution in [1.29, 1.82) is 0 Å². The highest BCUT2D eigenvalue weighted by Gasteiger charge is 2.30. The van der Waals surface area contributed by atoms with E-state index in [0.29, 0.717) is 17.4 Å². The summed E-state index contributed by atoms with van der Waals surface area (Å²) in [4.78, 5) is 1.13. The first-order valence-corrected chi connectivity index (χ1v) is 9.93. The second kappa shape index (κ2) is 6.37. The highest BCUT2D eigenvalue weighted by molar-refractivity contribution is 9.10. The summed E-state index contributed by atoms with van der Waals surface area (Å²) in [6.45, 7) is 0. The van der Waals surface area contributed by atoms with Crippen molar-refractivity contribution in [1.82, 2.24) is 14.8 Å². The largest absolute Gasteiger partial charge is 0.298 e. The molecular weight excluding hydrogens is 397 g/mol. The molecule has 1 saturated carbocycles. The normalized spacial score (nSPS) is 14.3. The standard InChI is InChI=1S/C16H13BrFN3S2/c17-11-4-3-10(13(18)8-11)9-23-16-20-19-15(14-2-1-7-22-14)21(16)12-5-6-12/h1-4,7-8,12H,5-6,9H2. The van der Waals surface area contributed by atoms with E-state index in [4.69, 9.17) is 0 Å². The molecule has 1 aromatic carbocycles. The van der Waals surface area contributed by atoms with Crippen LogP contribution in [0.5, 0.6) is 0 Å². The number of nitrogens with zero attached hydrogens (tertiary/aromatic N) is 3. The predicted molar refractivity (Wildman–Crippen MR) is 95.3 cm³/mol. The molecule has 0 N–H and O–H groups in total. The summed E-state index contributed by atoms with van der Waals surface area (Å²) >= 11 is 6.50. The Kier molecular flexibility index (Phi) is 4.26. The van der Waals surface area contributed by atoms with Gasteiger partial charge in [-0.1, -0.05) is 39.8 Å². The van der Waals surface area contributed by atoms with Crippen LogP contribution in [0.2, 0.25) is 0 Å². The summed E-state index contributed by atoms with van der Waals surface area (Å²) in [5.41, 5.74) is 0.682. The van der Waals surface area contributed by atoms with Crippen molar-refractivity contribution in [3.05, 3.63) is 51.6 Å². The third kappa shape index (κ3) is 3.22. The summed E-state index contributed by atoms with van der Waals surface area (Å²) in [5, 5.41) is 11.6. The molecule has 0 spiro atoms. The zero-order valence-corrected chi connectivity index (χ0v) is 15.3. The summed E-state index contributed by atoms with van der Waals surface area (Å²) < 4.78 is 16.9. The third-order valence-corrected chi connectivity index (χ3v) is 6.04. The van der Waals surface area contributed by atoms with Crippen molar-refractivity contribution < 1.29 is 4.39 Å². The molecule has 1 aliphatic carbocycles. The number of halogens is 2. The van der Waals surface area contributed by atoms with Crippen LogP contribution in [0.15, 0.2) is 45.3 Å². The van der Waals surface area contributed by atoms with Crippen LogP contribution in [0, 0.1) is 5.82 Å². The molecule has 0 bridgehead atoms. The minimum atomic E-state index is -0.192. The van der Waals surface area contributed by atoms with E-state index in [1.165, 1.54) is 6.07 Å². The van der Waals surface area contributed by atoms with Gasteiger partial charge in [0.15, 0.2) is 11.0 Å². The number of aromatic nitrogens is 3. The van der Waals surface area contributed by atoms with E-state index in [1.807, 2.05) is 23.6 Å². The number of thiophene rings is 1. The van der Waals surface area contributed by atoms with Crippen molar-refractivity contribution in [2.75, 3.05) is 0 Å². The topological polar surface area (TPSA) is 30.7 Å². The maximum atomic E-state index is 14.0. The molecule has 3 nitrogen and oxygen atoms in total. The van der Waals surface area contributed by atoms with Crippen molar-refractivity contribution in [3.63, 3.8) is 0 Å². The van der Waals surface area contributed by atoms with Crippen molar-refractivity contribution >= 4 is 39.0 Å². The molecule has 1 aliphatic rings. The fraction of sp³-hybridized carbons (Fsp3) is 0.250. The van der Waals surface area contributed by atoms with Crippen molar-refractivity contribution in [2.24, 2.45) is 0 Å². The molecule has 3 aromatic rings. The van der Waals surface area contributed by atoms with Crippen LogP contribution in [0.25, 0.3) is 10.7 Å². The van der Waals surface area contributed by atoms with Gasteiger partial charge >= 0.3 is 0 Å². The van der Waals surface area contributed by atoms with Crippen LogP contribution in [-0.4, -0.2) is 14.8 Å². The summed E-state index contributed by atoms with van der Waals surface area (Å²) in [5.74, 6) is 1.29. The Morgan fingerprint density at radius 2 is 2.17 bits per heavy atom. The average Bonchev–Trinajstić information content (AvgIpc) is 3.07. The zero-order valence-electron chi connectivity index (χ0n) is 12.1. The van der Waals surface area contributed by atoms with E-state index in [2.05, 4.69) is 36.8 Å². The van der Waals surface area contributed by atoms with E-state index in [9.17, 15) is 4.39 Å². The molecule has 0 saturated heterocycles. The first-order chi connectivity index (χ1) is 11.2. The number of hydrogen-bond acceptors (Lipinski definition) is 4. The lowest BCUT2D eigenvalue weighted by atomic mass is 10.2. The molecule has 2 aromatic heterocycles. The van der Waals surface area contributed by atoms with Gasteiger partial charge in [0.1, 0.15) is 5.82 Å². The molecule has 2 heterocycles. The minimum Gasteiger partial charge on any atom is -0.298 e. The van der Waals surface area contributed by atoms with Crippen molar-refractivity contribution in [3.8, 4) is 10.7 Å². The van der Waals surface area contributed by atoms with Gasteiger partial charge in [-0.05, 0) is 42.0 Å². The Labute approximate surface area is 150 Å². The molecule has 0 amide bonds. The molecule has 1 fully saturated rings. The number of benzene rings is 1. The first-order valence-electron chi connectivity index (χ1n) is 7.28. The number of rotatable bonds is 5. The molecule has 4 rings (SSSR count). The maximum absolute atomic E-state index is 14.0. The monoisotopic (exact) mass is 409 g/mol. The maximum Gasteiger partial charge on any atom is 0.192 e. The smallest absolute Gasteiger partial charge is 0.192 e. The Morgan fingerprint density at radius 1 is 1.30 bits per heavy atom. The highest BCUT2D eigenvalue weighted by atomic mass is 79.9. The Balaban J connectivity index is 1.60. The fourth-order valence-electron chi connectivity index (χ4n) is 2.39. The van der Waals surface area contributed by atoms with E-state index in [1.54, 1.807) is 23.1 Å². The molecule has 118 valence electrons. The van der Waals surface area contributed by atoms with Crippen LogP contribution in [-0.2, 0) is 5.75 Å². The minimum absolute atomic E-state index is 0.192. The zero-order chi connectivity index (χ0) is 15.8. The Bertz CT molecular complexity index is 828. The first kappa shape index (κ1) is 15.4. The van der Waals surface area contributed by atoms with Crippen LogP contribution < -0.4 is 0 Å². The van der Waals surface area contributed by atoms with Gasteiger partial charge in [0, 0.05) is 16.3 Å². The van der Waals surface area contributed by atoms with E-state index in [0.717, 1.165) is 33.2 Å². The Hall–Kier alpha value is -1.18. The lowest BCUT2D eigenvalue weighted by Crippen LogP contribution is -1.99. The Morgan fingerprint density at radius 3 is 2.87 bits per heavy atom. The predicted octanol–water partition coefficient (Wildman–Crippen LogP) is 5.54. The molecular formula is C16H13BrFN3S2. The fourth-order valence-corrected chi connectivity index (χ4v) is 4.42. The second-order valence-corrected chi connectivity index (χ2v) is 8.21. The van der Waals surface area contributed by atoms with Gasteiger partial charge in [-0.3, -0.25) is 4.57 Å². The molecule has 0 aliphatic heterocycles. The molecule has 23 heavy (non-hydrogen) atoms. The molecule has 0 radical (unpaired) electrons. The lowest BCUT2D eigenvalue weighted by Gasteiger charge is -2.08. The van der Waals surface area contributed by atoms with Crippen LogP contribution >= 0.6 is 39.0 Å². The van der Waals surface area contributed by atoms with Gasteiger partial charge in [0.25, 0.3) is 0 Å². The van der Waals surface area contributed by atoms with Gasteiger partial charge < -0.3 is 0 Å². The van der Waals surface area contributed by atoms with Crippen LogP contribution in [0.1, 0.15) is 24.4 Å². The van der Waals surface area contributed by atoms with Gasteiger partial charge in [0.2, 0.25) is 0 Å². The van der Waals surface area contributed by atoms with Crippen molar-refractivity contribution in [2.45, 2.75) is 29.8 Å². The van der Waals surface area contributed by atoms with Gasteiger partial charge in [-0.15, -0.1) is 21.5 Å². The summed E-state index contributed by atoms with van der Waals surface area (Å²) in [6.07, 6.45) is 2.33. The molecule has 0 unspecified atom stereocenters. The quantitative estimate of drug-likeness (QED) is 0.518. The van der Waals surface area contributed by atoms with Gasteiger partial charge in [-0.25, -0.2) is 4.39 Å². The second-order valence-electron chi connectivity index (χ2n) is 5.41. The molecule has 7 heteroatoms. The number of thioether (sulfide) groups is 1. The van der Waals surface area contributed by atoms with Crippen LogP contribution in [0.3, 0.4) is 0 Å². The number of hydrogen-bond donors (Lipinski definition) is 0. The van der Waals surface area contributed by atoms with E-state index in [-0.39, 0.29) is 5.82 Å². The van der Waals surface area contributed by atoms with E-state index < -0.39 is 0 Å². The third-order valence-electron chi connectivity index (χ3n) is 3.69. The summed E-state index contributed by atoms with van der Waals surface area (Å²) in [6, 6.07) is 9.75. The van der Waals surface area contributed by atoms with Gasteiger partial charge in [-0.2, -0.15) is 0 Å². The van der Waals surface area contributed by atoms with E-state index >= 15 is 0 Å². The van der Waals surface area contributed by atoms with Gasteiger partial charge in [0.05, 0.1) is 4.88 Å². The molecule has 0 atom stereocenters. The average molecular weight is 410 g/mol. The SMILES string of the molecule is Fc1cc(Br)ccc1CSc1nnc(-c2cccs2)n1C1CC1. The summed E-state index contributed by atoms with van der Waals surface area (Å²) in [7, 11) is 0. The van der Waals surface area contributed by atoms with Crippen LogP contribution in [0.4, 0.5) is 4.39 Å². The highest BCUT2D eigenvalue weighted by Crippen LogP contribution is 2.42.